The SMILES string of the molecule is CC(=O)Nc1cccc(NS(=O)(=O)c2cn(C)nc2C(C)(C)C)c1. The lowest BCUT2D eigenvalue weighted by atomic mass is 9.92. The summed E-state index contributed by atoms with van der Waals surface area (Å²) in [6.07, 6.45) is 1.49. The third-order valence-electron chi connectivity index (χ3n) is 3.23. The van der Waals surface area contributed by atoms with E-state index in [4.69, 9.17) is 0 Å². The monoisotopic (exact) mass is 350 g/mol. The fraction of sp³-hybridized carbons (Fsp3) is 0.375. The van der Waals surface area contributed by atoms with Crippen LogP contribution in [0.5, 0.6) is 0 Å². The van der Waals surface area contributed by atoms with Gasteiger partial charge in [0, 0.05) is 31.3 Å². The molecule has 0 bridgehead atoms. The minimum atomic E-state index is -3.80. The highest BCUT2D eigenvalue weighted by atomic mass is 32.2. The largest absolute Gasteiger partial charge is 0.326 e. The average molecular weight is 350 g/mol. The third-order valence-corrected chi connectivity index (χ3v) is 4.61. The first-order valence-corrected chi connectivity index (χ1v) is 8.92. The second kappa shape index (κ2) is 6.27. The number of hydrogen-bond donors (Lipinski definition) is 2. The van der Waals surface area contributed by atoms with E-state index in [-0.39, 0.29) is 10.8 Å². The van der Waals surface area contributed by atoms with Gasteiger partial charge in [0.25, 0.3) is 10.0 Å². The zero-order valence-corrected chi connectivity index (χ0v) is 15.2. The zero-order valence-electron chi connectivity index (χ0n) is 14.4. The number of amides is 1. The highest BCUT2D eigenvalue weighted by Gasteiger charge is 2.29. The summed E-state index contributed by atoms with van der Waals surface area (Å²) in [6.45, 7) is 7.12. The first-order valence-electron chi connectivity index (χ1n) is 7.43. The lowest BCUT2D eigenvalue weighted by molar-refractivity contribution is -0.114. The van der Waals surface area contributed by atoms with Crippen LogP contribution in [-0.2, 0) is 27.3 Å². The van der Waals surface area contributed by atoms with Gasteiger partial charge in [-0.25, -0.2) is 8.42 Å². The van der Waals surface area contributed by atoms with Crippen molar-refractivity contribution in [3.63, 3.8) is 0 Å². The van der Waals surface area contributed by atoms with Gasteiger partial charge in [0.15, 0.2) is 0 Å². The molecule has 7 nitrogen and oxygen atoms in total. The van der Waals surface area contributed by atoms with E-state index >= 15 is 0 Å². The summed E-state index contributed by atoms with van der Waals surface area (Å²) in [5.41, 5.74) is 0.967. The van der Waals surface area contributed by atoms with Crippen LogP contribution in [0.4, 0.5) is 11.4 Å². The lowest BCUT2D eigenvalue weighted by Crippen LogP contribution is -2.20. The molecule has 1 aromatic carbocycles. The van der Waals surface area contributed by atoms with E-state index in [1.807, 2.05) is 20.8 Å². The molecule has 0 fully saturated rings. The Morgan fingerprint density at radius 3 is 2.42 bits per heavy atom. The Kier molecular flexibility index (Phi) is 4.70. The van der Waals surface area contributed by atoms with Gasteiger partial charge in [0.1, 0.15) is 4.90 Å². The van der Waals surface area contributed by atoms with Gasteiger partial charge in [0.05, 0.1) is 11.4 Å². The Bertz CT molecular complexity index is 864. The molecule has 0 saturated heterocycles. The molecular weight excluding hydrogens is 328 g/mol. The summed E-state index contributed by atoms with van der Waals surface area (Å²) in [5, 5.41) is 6.91. The van der Waals surface area contributed by atoms with Crippen LogP contribution in [0.3, 0.4) is 0 Å². The van der Waals surface area contributed by atoms with E-state index in [9.17, 15) is 13.2 Å². The molecule has 0 aliphatic heterocycles. The molecule has 0 aliphatic carbocycles. The van der Waals surface area contributed by atoms with E-state index in [1.54, 1.807) is 31.3 Å². The number of rotatable bonds is 4. The van der Waals surface area contributed by atoms with Crippen molar-refractivity contribution in [1.29, 1.82) is 0 Å². The Morgan fingerprint density at radius 1 is 1.21 bits per heavy atom. The average Bonchev–Trinajstić information content (AvgIpc) is 2.81. The van der Waals surface area contributed by atoms with E-state index < -0.39 is 15.4 Å². The molecular formula is C16H22N4O3S. The number of hydrogen-bond acceptors (Lipinski definition) is 4. The molecule has 2 rings (SSSR count). The minimum absolute atomic E-state index is 0.141. The number of nitrogens with zero attached hydrogens (tertiary/aromatic N) is 2. The first-order chi connectivity index (χ1) is 11.0. The molecule has 8 heteroatoms. The maximum absolute atomic E-state index is 12.8. The highest BCUT2D eigenvalue weighted by Crippen LogP contribution is 2.29. The number of sulfonamides is 1. The molecule has 0 spiro atoms. The molecule has 130 valence electrons. The summed E-state index contributed by atoms with van der Waals surface area (Å²) in [7, 11) is -2.11. The van der Waals surface area contributed by atoms with Gasteiger partial charge in [-0.05, 0) is 18.2 Å². The fourth-order valence-corrected chi connectivity index (χ4v) is 3.70. The summed E-state index contributed by atoms with van der Waals surface area (Å²) in [4.78, 5) is 11.3. The van der Waals surface area contributed by atoms with Crippen LogP contribution >= 0.6 is 0 Å². The van der Waals surface area contributed by atoms with Crippen molar-refractivity contribution in [2.24, 2.45) is 7.05 Å². The normalized spacial score (nSPS) is 12.0. The van der Waals surface area contributed by atoms with Gasteiger partial charge in [-0.15, -0.1) is 0 Å². The number of aromatic nitrogens is 2. The van der Waals surface area contributed by atoms with Gasteiger partial charge in [-0.2, -0.15) is 5.10 Å². The number of nitrogens with one attached hydrogen (secondary N) is 2. The van der Waals surface area contributed by atoms with E-state index in [0.717, 1.165) is 0 Å². The Morgan fingerprint density at radius 2 is 1.83 bits per heavy atom. The molecule has 1 amide bonds. The number of anilines is 2. The molecule has 24 heavy (non-hydrogen) atoms. The third kappa shape index (κ3) is 4.14. The van der Waals surface area contributed by atoms with E-state index in [0.29, 0.717) is 17.1 Å². The number of carbonyl (C=O) groups excluding carboxylic acids is 1. The lowest BCUT2D eigenvalue weighted by Gasteiger charge is -2.18. The summed E-state index contributed by atoms with van der Waals surface area (Å²) < 4.78 is 29.6. The second-order valence-corrected chi connectivity index (χ2v) is 8.28. The number of aryl methyl sites for hydroxylation is 1. The van der Waals surface area contributed by atoms with Gasteiger partial charge in [-0.1, -0.05) is 26.8 Å². The van der Waals surface area contributed by atoms with Crippen LogP contribution in [0.25, 0.3) is 0 Å². The van der Waals surface area contributed by atoms with Crippen molar-refractivity contribution < 1.29 is 13.2 Å². The van der Waals surface area contributed by atoms with Gasteiger partial charge >= 0.3 is 0 Å². The first kappa shape index (κ1) is 18.0. The highest BCUT2D eigenvalue weighted by molar-refractivity contribution is 7.92. The predicted octanol–water partition coefficient (Wildman–Crippen LogP) is 2.48. The molecule has 0 aliphatic rings. The molecule has 0 atom stereocenters. The fourth-order valence-electron chi connectivity index (χ4n) is 2.26. The molecule has 1 heterocycles. The quantitative estimate of drug-likeness (QED) is 0.886. The molecule has 0 unspecified atom stereocenters. The van der Waals surface area contributed by atoms with Crippen molar-refractivity contribution in [3.05, 3.63) is 36.2 Å². The predicted molar refractivity (Wildman–Crippen MR) is 93.5 cm³/mol. The Hall–Kier alpha value is -2.35. The maximum atomic E-state index is 12.8. The molecule has 0 radical (unpaired) electrons. The number of benzene rings is 1. The minimum Gasteiger partial charge on any atom is -0.326 e. The summed E-state index contributed by atoms with van der Waals surface area (Å²) >= 11 is 0. The van der Waals surface area contributed by atoms with Gasteiger partial charge in [0.2, 0.25) is 5.91 Å². The second-order valence-electron chi connectivity index (χ2n) is 6.63. The molecule has 2 aromatic rings. The smallest absolute Gasteiger partial charge is 0.265 e. The maximum Gasteiger partial charge on any atom is 0.265 e. The molecule has 0 saturated carbocycles. The van der Waals surface area contributed by atoms with Crippen LogP contribution in [-0.4, -0.2) is 24.1 Å². The Balaban J connectivity index is 2.38. The van der Waals surface area contributed by atoms with Crippen molar-refractivity contribution in [2.45, 2.75) is 38.0 Å². The van der Waals surface area contributed by atoms with Crippen molar-refractivity contribution >= 4 is 27.3 Å². The Labute approximate surface area is 142 Å². The van der Waals surface area contributed by atoms with Crippen LogP contribution in [0, 0.1) is 0 Å². The van der Waals surface area contributed by atoms with Crippen molar-refractivity contribution in [1.82, 2.24) is 9.78 Å². The molecule has 2 N–H and O–H groups in total. The van der Waals surface area contributed by atoms with Crippen LogP contribution in [0.2, 0.25) is 0 Å². The summed E-state index contributed by atoms with van der Waals surface area (Å²) in [5.74, 6) is -0.225. The van der Waals surface area contributed by atoms with Gasteiger partial charge < -0.3 is 5.32 Å². The van der Waals surface area contributed by atoms with Crippen LogP contribution in [0.15, 0.2) is 35.4 Å². The number of carbonyl (C=O) groups is 1. The summed E-state index contributed by atoms with van der Waals surface area (Å²) in [6, 6.07) is 6.53. The van der Waals surface area contributed by atoms with Crippen LogP contribution < -0.4 is 10.0 Å². The van der Waals surface area contributed by atoms with Crippen molar-refractivity contribution in [2.75, 3.05) is 10.0 Å². The van der Waals surface area contributed by atoms with Gasteiger partial charge in [-0.3, -0.25) is 14.2 Å². The molecule has 1 aromatic heterocycles. The van der Waals surface area contributed by atoms with Crippen LogP contribution in [0.1, 0.15) is 33.4 Å². The zero-order chi connectivity index (χ0) is 18.1. The standard InChI is InChI=1S/C16H22N4O3S/c1-11(21)17-12-7-6-8-13(9-12)19-24(22,23)14-10-20(5)18-15(14)16(2,3)4/h6-10,19H,1-5H3,(H,17,21). The van der Waals surface area contributed by atoms with E-state index in [1.165, 1.54) is 17.8 Å². The van der Waals surface area contributed by atoms with Crippen molar-refractivity contribution in [3.8, 4) is 0 Å². The topological polar surface area (TPSA) is 93.1 Å². The van der Waals surface area contributed by atoms with E-state index in [2.05, 4.69) is 15.1 Å².